The number of hydrogen-bond acceptors (Lipinski definition) is 1. The third-order valence-corrected chi connectivity index (χ3v) is 10.7. The molecule has 0 aromatic carbocycles. The minimum Gasteiger partial charge on any atom is -0.299 e. The van der Waals surface area contributed by atoms with Gasteiger partial charge in [-0.15, -0.1) is 0 Å². The molecule has 0 aromatic rings. The summed E-state index contributed by atoms with van der Waals surface area (Å²) < 4.78 is 0. The number of ketones is 1. The molecule has 0 unspecified atom stereocenters. The third-order valence-electron chi connectivity index (χ3n) is 6.01. The minimum atomic E-state index is -1.52. The lowest BCUT2D eigenvalue weighted by atomic mass is 9.99. The Bertz CT molecular complexity index is 437. The number of hydrogen-bond donors (Lipinski definition) is 0. The first-order valence-corrected chi connectivity index (χ1v) is 18.5. The highest BCUT2D eigenvalue weighted by molar-refractivity contribution is 6.86. The molecule has 1 aliphatic rings. The zero-order chi connectivity index (χ0) is 20.0. The molecule has 0 aliphatic heterocycles. The van der Waals surface area contributed by atoms with E-state index in [1.54, 1.807) is 11.1 Å². The van der Waals surface area contributed by atoms with Gasteiger partial charge in [0.05, 0.1) is 16.1 Å². The number of allylic oxidation sites excluding steroid dienone is 2. The van der Waals surface area contributed by atoms with Crippen molar-refractivity contribution in [3.05, 3.63) is 11.1 Å². The van der Waals surface area contributed by atoms with Crippen LogP contribution in [0, 0.1) is 0 Å². The van der Waals surface area contributed by atoms with E-state index in [1.807, 2.05) is 0 Å². The maximum absolute atomic E-state index is 13.6. The Morgan fingerprint density at radius 1 is 0.615 bits per heavy atom. The average Bonchev–Trinajstić information content (AvgIpc) is 2.80. The molecule has 0 bridgehead atoms. The van der Waals surface area contributed by atoms with Gasteiger partial charge >= 0.3 is 0 Å². The number of rotatable bonds is 12. The standard InChI is InChI=1S/C23H46OSi2/c1-9-11-13-15-17-19-20(18-16-14-12-10-2)23(26(6,7)8)21(24)22(19)25(3,4)5/h22-23H,9-18H2,1-8H3/t22-,23-/m0/s1. The second-order valence-electron chi connectivity index (χ2n) is 10.7. The Morgan fingerprint density at radius 3 is 1.23 bits per heavy atom. The van der Waals surface area contributed by atoms with Gasteiger partial charge in [-0.25, -0.2) is 0 Å². The Balaban J connectivity index is 3.17. The number of carbonyl (C=O) groups is 1. The molecule has 3 heteroatoms. The molecule has 1 rings (SSSR count). The van der Waals surface area contributed by atoms with Crippen LogP contribution >= 0.6 is 0 Å². The lowest BCUT2D eigenvalue weighted by molar-refractivity contribution is -0.117. The van der Waals surface area contributed by atoms with Crippen LogP contribution in [0.25, 0.3) is 0 Å². The van der Waals surface area contributed by atoms with Crippen molar-refractivity contribution in [1.29, 1.82) is 0 Å². The fraction of sp³-hybridized carbons (Fsp3) is 0.870. The molecule has 0 radical (unpaired) electrons. The van der Waals surface area contributed by atoms with Gasteiger partial charge in [0, 0.05) is 11.1 Å². The summed E-state index contributed by atoms with van der Waals surface area (Å²) >= 11 is 0. The highest BCUT2D eigenvalue weighted by atomic mass is 28.3. The van der Waals surface area contributed by atoms with E-state index in [0.29, 0.717) is 16.9 Å². The SMILES string of the molecule is CCCCCCC1=C(CCCCCC)[C@H]([Si](C)(C)C)C(=O)[C@H]1[Si](C)(C)C. The average molecular weight is 395 g/mol. The smallest absolute Gasteiger partial charge is 0.141 e. The molecule has 0 spiro atoms. The highest BCUT2D eigenvalue weighted by Gasteiger charge is 2.50. The number of Topliss-reactive ketones (excluding diaryl/α,β-unsaturated/α-hetero) is 1. The van der Waals surface area contributed by atoms with Crippen molar-refractivity contribution < 1.29 is 4.79 Å². The fourth-order valence-electron chi connectivity index (χ4n) is 4.87. The quantitative estimate of drug-likeness (QED) is 0.185. The van der Waals surface area contributed by atoms with Crippen LogP contribution in [0.15, 0.2) is 11.1 Å². The van der Waals surface area contributed by atoms with E-state index in [2.05, 4.69) is 53.1 Å². The van der Waals surface area contributed by atoms with Gasteiger partial charge in [-0.2, -0.15) is 0 Å². The summed E-state index contributed by atoms with van der Waals surface area (Å²) in [6.45, 7) is 19.1. The van der Waals surface area contributed by atoms with Gasteiger partial charge in [-0.05, 0) is 25.7 Å². The first kappa shape index (κ1) is 23.9. The first-order chi connectivity index (χ1) is 12.1. The Kier molecular flexibility index (Phi) is 9.56. The molecule has 0 aromatic heterocycles. The van der Waals surface area contributed by atoms with Gasteiger partial charge in [-0.3, -0.25) is 4.79 Å². The molecule has 0 fully saturated rings. The molecule has 152 valence electrons. The van der Waals surface area contributed by atoms with Gasteiger partial charge in [0.25, 0.3) is 0 Å². The van der Waals surface area contributed by atoms with Crippen molar-refractivity contribution in [2.75, 3.05) is 0 Å². The Hall–Kier alpha value is -0.156. The molecule has 0 N–H and O–H groups in total. The number of carbonyl (C=O) groups excluding carboxylic acids is 1. The number of unbranched alkanes of at least 4 members (excludes halogenated alkanes) is 6. The summed E-state index contributed by atoms with van der Waals surface area (Å²) in [5, 5.41) is 0. The van der Waals surface area contributed by atoms with Crippen LogP contribution in [0.4, 0.5) is 0 Å². The monoisotopic (exact) mass is 394 g/mol. The van der Waals surface area contributed by atoms with Crippen LogP contribution in [-0.4, -0.2) is 21.9 Å². The molecule has 1 nitrogen and oxygen atoms in total. The van der Waals surface area contributed by atoms with E-state index in [9.17, 15) is 4.79 Å². The van der Waals surface area contributed by atoms with Crippen LogP contribution in [0.1, 0.15) is 78.1 Å². The maximum atomic E-state index is 13.6. The molecular weight excluding hydrogens is 348 g/mol. The maximum Gasteiger partial charge on any atom is 0.141 e. The normalized spacial score (nSPS) is 21.8. The zero-order valence-electron chi connectivity index (χ0n) is 19.1. The molecule has 0 saturated carbocycles. The van der Waals surface area contributed by atoms with Crippen LogP contribution in [-0.2, 0) is 4.79 Å². The predicted octanol–water partition coefficient (Wildman–Crippen LogP) is 8.22. The molecular formula is C23H46OSi2. The van der Waals surface area contributed by atoms with E-state index >= 15 is 0 Å². The van der Waals surface area contributed by atoms with E-state index in [0.717, 1.165) is 0 Å². The zero-order valence-corrected chi connectivity index (χ0v) is 21.1. The van der Waals surface area contributed by atoms with Gasteiger partial charge < -0.3 is 0 Å². The summed E-state index contributed by atoms with van der Waals surface area (Å²) in [6, 6.07) is 0. The van der Waals surface area contributed by atoms with Gasteiger partial charge in [-0.1, -0.05) is 103 Å². The van der Waals surface area contributed by atoms with Crippen molar-refractivity contribution in [2.24, 2.45) is 0 Å². The Labute approximate surface area is 166 Å². The van der Waals surface area contributed by atoms with Gasteiger partial charge in [0.1, 0.15) is 5.78 Å². The molecule has 1 aliphatic carbocycles. The molecule has 0 heterocycles. The van der Waals surface area contributed by atoms with Crippen LogP contribution in [0.2, 0.25) is 50.4 Å². The summed E-state index contributed by atoms with van der Waals surface area (Å²) in [5.74, 6) is 0.638. The third kappa shape index (κ3) is 6.47. The largest absolute Gasteiger partial charge is 0.299 e. The highest BCUT2D eigenvalue weighted by Crippen LogP contribution is 2.53. The van der Waals surface area contributed by atoms with Crippen molar-refractivity contribution >= 4 is 21.9 Å². The summed E-state index contributed by atoms with van der Waals surface area (Å²) in [4.78, 5) is 13.6. The summed E-state index contributed by atoms with van der Waals surface area (Å²) in [7, 11) is -3.04. The van der Waals surface area contributed by atoms with E-state index in [1.165, 1.54) is 64.2 Å². The van der Waals surface area contributed by atoms with Crippen molar-refractivity contribution in [3.8, 4) is 0 Å². The Morgan fingerprint density at radius 2 is 0.962 bits per heavy atom. The summed E-state index contributed by atoms with van der Waals surface area (Å²) in [5.41, 5.74) is 3.88. The van der Waals surface area contributed by atoms with E-state index in [4.69, 9.17) is 0 Å². The molecule has 0 saturated heterocycles. The second-order valence-corrected chi connectivity index (χ2v) is 21.3. The van der Waals surface area contributed by atoms with E-state index in [-0.39, 0.29) is 0 Å². The van der Waals surface area contributed by atoms with Crippen molar-refractivity contribution in [3.63, 3.8) is 0 Å². The lowest BCUT2D eigenvalue weighted by Gasteiger charge is -2.30. The molecule has 2 atom stereocenters. The first-order valence-electron chi connectivity index (χ1n) is 11.3. The summed E-state index contributed by atoms with van der Waals surface area (Å²) in [6.07, 6.45) is 12.9. The predicted molar refractivity (Wildman–Crippen MR) is 124 cm³/mol. The van der Waals surface area contributed by atoms with E-state index < -0.39 is 16.1 Å². The molecule has 26 heavy (non-hydrogen) atoms. The van der Waals surface area contributed by atoms with Crippen LogP contribution < -0.4 is 0 Å². The lowest BCUT2D eigenvalue weighted by Crippen LogP contribution is -2.38. The van der Waals surface area contributed by atoms with Gasteiger partial charge in [0.2, 0.25) is 0 Å². The molecule has 0 amide bonds. The fourth-order valence-corrected chi connectivity index (χ4v) is 9.83. The van der Waals surface area contributed by atoms with Gasteiger partial charge in [0.15, 0.2) is 0 Å². The van der Waals surface area contributed by atoms with Crippen molar-refractivity contribution in [2.45, 2.75) is 128 Å². The second kappa shape index (κ2) is 10.4. The van der Waals surface area contributed by atoms with Crippen LogP contribution in [0.3, 0.4) is 0 Å². The van der Waals surface area contributed by atoms with Crippen LogP contribution in [0.5, 0.6) is 0 Å². The minimum absolute atomic E-state index is 0.307. The topological polar surface area (TPSA) is 17.1 Å². The van der Waals surface area contributed by atoms with Crippen molar-refractivity contribution in [1.82, 2.24) is 0 Å².